The quantitative estimate of drug-likeness (QED) is 0.736. The smallest absolute Gasteiger partial charge is 0.193 e. The van der Waals surface area contributed by atoms with Gasteiger partial charge in [-0.05, 0) is 18.2 Å². The number of carboxylic acid groups (broad SMARTS) is 1. The van der Waals surface area contributed by atoms with E-state index in [1.54, 1.807) is 36.4 Å². The molecule has 0 spiro atoms. The van der Waals surface area contributed by atoms with E-state index in [0.717, 1.165) is 0 Å². The van der Waals surface area contributed by atoms with Crippen molar-refractivity contribution in [2.24, 2.45) is 0 Å². The molecule has 0 aliphatic rings. The second-order valence-corrected chi connectivity index (χ2v) is 4.67. The Morgan fingerprint density at radius 3 is 2.64 bits per heavy atom. The summed E-state index contributed by atoms with van der Waals surface area (Å²) in [6.45, 7) is 0. The fourth-order valence-electron chi connectivity index (χ4n) is 2.27. The average molecular weight is 295 g/mol. The van der Waals surface area contributed by atoms with Crippen molar-refractivity contribution < 1.29 is 19.1 Å². The van der Waals surface area contributed by atoms with Crippen molar-refractivity contribution in [2.75, 3.05) is 7.11 Å². The van der Waals surface area contributed by atoms with Crippen LogP contribution in [0.2, 0.25) is 0 Å². The normalized spacial score (nSPS) is 10.6. The lowest BCUT2D eigenvalue weighted by molar-refractivity contribution is -0.254. The number of methoxy groups -OCH3 is 1. The first-order chi connectivity index (χ1) is 10.6. The maximum atomic E-state index is 12.2. The zero-order chi connectivity index (χ0) is 15.7. The largest absolute Gasteiger partial charge is 0.545 e. The van der Waals surface area contributed by atoms with Gasteiger partial charge in [0.1, 0.15) is 17.1 Å². The highest BCUT2D eigenvalue weighted by atomic mass is 16.5. The standard InChI is InChI=1S/C17H12O5/c1-21-10-6-7-15-13(8-10)14(18)9-16(22-15)11-4-2-3-5-12(11)17(19)20/h2-9H,1H3,(H,19,20)/p-1. The number of benzene rings is 2. The molecule has 0 saturated carbocycles. The summed E-state index contributed by atoms with van der Waals surface area (Å²) in [5.41, 5.74) is 0.357. The van der Waals surface area contributed by atoms with Crippen molar-refractivity contribution >= 4 is 16.9 Å². The molecule has 0 aliphatic heterocycles. The molecule has 0 radical (unpaired) electrons. The van der Waals surface area contributed by atoms with E-state index in [2.05, 4.69) is 0 Å². The second kappa shape index (κ2) is 5.37. The Kier molecular flexibility index (Phi) is 3.39. The van der Waals surface area contributed by atoms with Gasteiger partial charge in [0.15, 0.2) is 5.43 Å². The van der Waals surface area contributed by atoms with Crippen LogP contribution in [0.25, 0.3) is 22.3 Å². The van der Waals surface area contributed by atoms with Gasteiger partial charge in [0.05, 0.1) is 18.5 Å². The summed E-state index contributed by atoms with van der Waals surface area (Å²) in [4.78, 5) is 23.4. The first kappa shape index (κ1) is 13.9. The Bertz CT molecular complexity index is 924. The van der Waals surface area contributed by atoms with E-state index in [1.807, 2.05) is 0 Å². The van der Waals surface area contributed by atoms with Gasteiger partial charge in [0.2, 0.25) is 0 Å². The molecule has 0 aliphatic carbocycles. The molecule has 0 bridgehead atoms. The fourth-order valence-corrected chi connectivity index (χ4v) is 2.27. The third kappa shape index (κ3) is 2.33. The molecule has 2 aromatic carbocycles. The van der Waals surface area contributed by atoms with Crippen LogP contribution in [0.1, 0.15) is 10.4 Å². The summed E-state index contributed by atoms with van der Waals surface area (Å²) in [7, 11) is 1.51. The number of carbonyl (C=O) groups excluding carboxylic acids is 1. The maximum absolute atomic E-state index is 12.2. The Morgan fingerprint density at radius 2 is 1.91 bits per heavy atom. The molecule has 5 nitrogen and oxygen atoms in total. The highest BCUT2D eigenvalue weighted by Gasteiger charge is 2.11. The molecule has 0 saturated heterocycles. The number of carbonyl (C=O) groups is 1. The third-order valence-corrected chi connectivity index (χ3v) is 3.35. The Labute approximate surface area is 125 Å². The van der Waals surface area contributed by atoms with Crippen LogP contribution in [0, 0.1) is 0 Å². The van der Waals surface area contributed by atoms with Crippen LogP contribution >= 0.6 is 0 Å². The molecule has 0 fully saturated rings. The van der Waals surface area contributed by atoms with Crippen LogP contribution in [0.3, 0.4) is 0 Å². The average Bonchev–Trinajstić information content (AvgIpc) is 2.54. The Balaban J connectivity index is 2.26. The number of carboxylic acids is 1. The van der Waals surface area contributed by atoms with Crippen molar-refractivity contribution in [2.45, 2.75) is 0 Å². The molecule has 0 atom stereocenters. The second-order valence-electron chi connectivity index (χ2n) is 4.67. The molecule has 3 aromatic rings. The van der Waals surface area contributed by atoms with Crippen molar-refractivity contribution in [3.8, 4) is 17.1 Å². The van der Waals surface area contributed by atoms with Crippen molar-refractivity contribution in [1.82, 2.24) is 0 Å². The van der Waals surface area contributed by atoms with Crippen LogP contribution in [0.5, 0.6) is 5.75 Å². The van der Waals surface area contributed by atoms with Gasteiger partial charge in [0, 0.05) is 17.2 Å². The molecular formula is C17H11O5-. The molecule has 3 rings (SSSR count). The summed E-state index contributed by atoms with van der Waals surface area (Å²) in [5.74, 6) is -0.599. The van der Waals surface area contributed by atoms with Crippen molar-refractivity contribution in [1.29, 1.82) is 0 Å². The van der Waals surface area contributed by atoms with Crippen molar-refractivity contribution in [3.63, 3.8) is 0 Å². The lowest BCUT2D eigenvalue weighted by Crippen LogP contribution is -2.23. The number of fused-ring (bicyclic) bond motifs is 1. The zero-order valence-corrected chi connectivity index (χ0v) is 11.7. The highest BCUT2D eigenvalue weighted by molar-refractivity contribution is 5.94. The third-order valence-electron chi connectivity index (χ3n) is 3.35. The lowest BCUT2D eigenvalue weighted by Gasteiger charge is -2.10. The Hall–Kier alpha value is -3.08. The molecule has 0 unspecified atom stereocenters. The van der Waals surface area contributed by atoms with Gasteiger partial charge in [-0.3, -0.25) is 4.79 Å². The summed E-state index contributed by atoms with van der Waals surface area (Å²) in [6, 6.07) is 12.3. The zero-order valence-electron chi connectivity index (χ0n) is 11.7. The van der Waals surface area contributed by atoms with E-state index in [1.165, 1.54) is 19.2 Å². The molecule has 5 heteroatoms. The topological polar surface area (TPSA) is 79.6 Å². The van der Waals surface area contributed by atoms with E-state index in [0.29, 0.717) is 22.3 Å². The first-order valence-electron chi connectivity index (χ1n) is 6.53. The minimum absolute atomic E-state index is 0.0292. The van der Waals surface area contributed by atoms with Gasteiger partial charge in [-0.2, -0.15) is 0 Å². The molecule has 1 heterocycles. The summed E-state index contributed by atoms with van der Waals surface area (Å²) in [6.07, 6.45) is 0. The predicted octanol–water partition coefficient (Wildman–Crippen LogP) is 1.83. The lowest BCUT2D eigenvalue weighted by atomic mass is 10.0. The molecule has 1 aromatic heterocycles. The summed E-state index contributed by atoms with van der Waals surface area (Å²) < 4.78 is 10.7. The number of aromatic carboxylic acids is 1. The van der Waals surface area contributed by atoms with Gasteiger partial charge in [-0.15, -0.1) is 0 Å². The molecule has 0 amide bonds. The van der Waals surface area contributed by atoms with Gasteiger partial charge < -0.3 is 19.1 Å². The van der Waals surface area contributed by atoms with Crippen LogP contribution in [0.15, 0.2) is 57.7 Å². The van der Waals surface area contributed by atoms with E-state index in [4.69, 9.17) is 9.15 Å². The number of hydrogen-bond donors (Lipinski definition) is 0. The van der Waals surface area contributed by atoms with Gasteiger partial charge in [0.25, 0.3) is 0 Å². The summed E-state index contributed by atoms with van der Waals surface area (Å²) >= 11 is 0. The van der Waals surface area contributed by atoms with Gasteiger partial charge in [-0.25, -0.2) is 0 Å². The Morgan fingerprint density at radius 1 is 1.14 bits per heavy atom. The maximum Gasteiger partial charge on any atom is 0.193 e. The monoisotopic (exact) mass is 295 g/mol. The fraction of sp³-hybridized carbons (Fsp3) is 0.0588. The van der Waals surface area contributed by atoms with Crippen molar-refractivity contribution in [3.05, 3.63) is 64.3 Å². The van der Waals surface area contributed by atoms with Crippen LogP contribution in [-0.2, 0) is 0 Å². The van der Waals surface area contributed by atoms with E-state index in [9.17, 15) is 14.7 Å². The van der Waals surface area contributed by atoms with Crippen LogP contribution in [-0.4, -0.2) is 13.1 Å². The minimum atomic E-state index is -1.33. The van der Waals surface area contributed by atoms with E-state index < -0.39 is 5.97 Å². The number of hydrogen-bond acceptors (Lipinski definition) is 5. The predicted molar refractivity (Wildman–Crippen MR) is 78.8 cm³/mol. The van der Waals surface area contributed by atoms with Gasteiger partial charge >= 0.3 is 0 Å². The van der Waals surface area contributed by atoms with E-state index in [-0.39, 0.29) is 16.8 Å². The minimum Gasteiger partial charge on any atom is -0.545 e. The molecule has 22 heavy (non-hydrogen) atoms. The molecule has 110 valence electrons. The molecular weight excluding hydrogens is 284 g/mol. The van der Waals surface area contributed by atoms with Crippen LogP contribution < -0.4 is 15.3 Å². The summed E-state index contributed by atoms with van der Waals surface area (Å²) in [5, 5.41) is 11.5. The number of ether oxygens (including phenoxy) is 1. The first-order valence-corrected chi connectivity index (χ1v) is 6.53. The van der Waals surface area contributed by atoms with Crippen LogP contribution in [0.4, 0.5) is 0 Å². The molecule has 0 N–H and O–H groups in total. The van der Waals surface area contributed by atoms with Gasteiger partial charge in [-0.1, -0.05) is 24.3 Å². The number of rotatable bonds is 3. The SMILES string of the molecule is COc1ccc2oc(-c3ccccc3C(=O)[O-])cc(=O)c2c1. The van der Waals surface area contributed by atoms with E-state index >= 15 is 0 Å². The highest BCUT2D eigenvalue weighted by Crippen LogP contribution is 2.26.